The normalized spacial score (nSPS) is 17.3. The lowest BCUT2D eigenvalue weighted by molar-refractivity contribution is -0.0117. The first-order chi connectivity index (χ1) is 24.3. The van der Waals surface area contributed by atoms with Crippen LogP contribution in [-0.4, -0.2) is 76.0 Å². The maximum atomic E-state index is 15.2. The van der Waals surface area contributed by atoms with Gasteiger partial charge in [-0.05, 0) is 48.5 Å². The van der Waals surface area contributed by atoms with Gasteiger partial charge in [0, 0.05) is 49.6 Å². The lowest BCUT2D eigenvalue weighted by Crippen LogP contribution is -2.58. The SMILES string of the molecule is CCS(=Nc1cc(-c2nc(C(C)C)sc2-c2ccnc(Nc3ccc(N4CCN5CCOCC5C4)nc3)n2)ccc1F)c1c(F)cccc1F. The topological polar surface area (TPSA) is 91.7 Å². The second-order valence-electron chi connectivity index (χ2n) is 12.4. The Morgan fingerprint density at radius 1 is 1.00 bits per heavy atom. The van der Waals surface area contributed by atoms with E-state index in [1.807, 2.05) is 18.2 Å². The Labute approximate surface area is 295 Å². The van der Waals surface area contributed by atoms with Crippen molar-refractivity contribution >= 4 is 45.2 Å². The Balaban J connectivity index is 1.16. The molecule has 2 unspecified atom stereocenters. The zero-order valence-corrected chi connectivity index (χ0v) is 29.6. The number of hydrogen-bond acceptors (Lipinski definition) is 10. The van der Waals surface area contributed by atoms with Gasteiger partial charge in [0.15, 0.2) is 0 Å². The lowest BCUT2D eigenvalue weighted by atomic mass is 10.1. The second kappa shape index (κ2) is 14.9. The van der Waals surface area contributed by atoms with Gasteiger partial charge >= 0.3 is 0 Å². The number of piperazine rings is 1. The molecule has 2 atom stereocenters. The summed E-state index contributed by atoms with van der Waals surface area (Å²) in [6.07, 6.45) is 3.46. The summed E-state index contributed by atoms with van der Waals surface area (Å²) in [5.41, 5.74) is 2.63. The summed E-state index contributed by atoms with van der Waals surface area (Å²) in [4.78, 5) is 24.4. The molecular weight excluding hydrogens is 682 g/mol. The van der Waals surface area contributed by atoms with Gasteiger partial charge in [0.25, 0.3) is 0 Å². The van der Waals surface area contributed by atoms with E-state index < -0.39 is 28.1 Å². The molecule has 0 bridgehead atoms. The van der Waals surface area contributed by atoms with E-state index in [4.69, 9.17) is 19.7 Å². The summed E-state index contributed by atoms with van der Waals surface area (Å²) in [7, 11) is -1.24. The first kappa shape index (κ1) is 34.2. The van der Waals surface area contributed by atoms with Crippen LogP contribution in [0.2, 0.25) is 0 Å². The molecule has 2 aliphatic rings. The van der Waals surface area contributed by atoms with Gasteiger partial charge in [-0.1, -0.05) is 37.5 Å². The Morgan fingerprint density at radius 2 is 1.84 bits per heavy atom. The summed E-state index contributed by atoms with van der Waals surface area (Å²) in [5, 5.41) is 4.16. The number of thiazole rings is 1. The number of aromatic nitrogens is 4. The third-order valence-corrected chi connectivity index (χ3v) is 11.9. The molecule has 9 nitrogen and oxygen atoms in total. The second-order valence-corrected chi connectivity index (χ2v) is 15.3. The molecule has 1 N–H and O–H groups in total. The van der Waals surface area contributed by atoms with Crippen molar-refractivity contribution < 1.29 is 17.9 Å². The Hall–Kier alpha value is -4.24. The van der Waals surface area contributed by atoms with Crippen molar-refractivity contribution in [2.24, 2.45) is 4.36 Å². The third-order valence-electron chi connectivity index (χ3n) is 8.65. The highest BCUT2D eigenvalue weighted by Crippen LogP contribution is 2.40. The fourth-order valence-corrected chi connectivity index (χ4v) is 8.57. The van der Waals surface area contributed by atoms with Crippen molar-refractivity contribution in [1.29, 1.82) is 0 Å². The van der Waals surface area contributed by atoms with Gasteiger partial charge in [-0.15, -0.1) is 11.3 Å². The van der Waals surface area contributed by atoms with Crippen LogP contribution in [0.25, 0.3) is 21.8 Å². The predicted octanol–water partition coefficient (Wildman–Crippen LogP) is 7.98. The van der Waals surface area contributed by atoms with Crippen LogP contribution < -0.4 is 10.2 Å². The molecule has 0 aliphatic carbocycles. The zero-order chi connectivity index (χ0) is 34.8. The number of anilines is 3. The molecule has 2 fully saturated rings. The van der Waals surface area contributed by atoms with E-state index in [2.05, 4.69) is 38.3 Å². The van der Waals surface area contributed by atoms with E-state index in [0.717, 1.165) is 60.8 Å². The number of rotatable bonds is 9. The van der Waals surface area contributed by atoms with Crippen LogP contribution in [0.1, 0.15) is 31.7 Å². The van der Waals surface area contributed by atoms with Crippen molar-refractivity contribution in [2.75, 3.05) is 55.4 Å². The summed E-state index contributed by atoms with van der Waals surface area (Å²) >= 11 is 1.50. The molecule has 2 aliphatic heterocycles. The van der Waals surface area contributed by atoms with E-state index in [1.165, 1.54) is 35.6 Å². The van der Waals surface area contributed by atoms with Crippen molar-refractivity contribution in [1.82, 2.24) is 24.8 Å². The first-order valence-electron chi connectivity index (χ1n) is 16.6. The van der Waals surface area contributed by atoms with Crippen LogP contribution in [0, 0.1) is 17.5 Å². The van der Waals surface area contributed by atoms with Crippen molar-refractivity contribution in [3.05, 3.63) is 89.5 Å². The minimum absolute atomic E-state index is 0.00956. The molecule has 0 saturated carbocycles. The number of nitrogens with one attached hydrogen (secondary N) is 1. The highest BCUT2D eigenvalue weighted by Gasteiger charge is 2.30. The molecule has 14 heteroatoms. The number of nitrogens with zero attached hydrogens (tertiary/aromatic N) is 7. The minimum atomic E-state index is -1.24. The average molecular weight is 719 g/mol. The standard InChI is InChI=1S/C36H37F3N8OS2/c1-4-50(34-27(38)6-5-7-28(34)39)45-30-18-23(8-10-26(30)37)32-33(49-35(44-32)22(2)3)29-12-13-40-36(43-29)42-24-9-11-31(41-19-24)47-15-14-46-16-17-48-21-25(46)20-47/h5-13,18-19,22,25H,4,14-17,20-21H2,1-3H3,(H,40,42,43). The molecule has 7 rings (SSSR count). The van der Waals surface area contributed by atoms with E-state index >= 15 is 4.39 Å². The van der Waals surface area contributed by atoms with E-state index in [9.17, 15) is 8.78 Å². The molecule has 260 valence electrons. The lowest BCUT2D eigenvalue weighted by Gasteiger charge is -2.44. The summed E-state index contributed by atoms with van der Waals surface area (Å²) < 4.78 is 54.7. The number of halogens is 3. The molecule has 0 amide bonds. The van der Waals surface area contributed by atoms with Gasteiger partial charge in [0.1, 0.15) is 29.0 Å². The summed E-state index contributed by atoms with van der Waals surface area (Å²) in [5.74, 6) is -0.243. The molecule has 2 aromatic carbocycles. The largest absolute Gasteiger partial charge is 0.378 e. The maximum Gasteiger partial charge on any atom is 0.227 e. The van der Waals surface area contributed by atoms with Crippen molar-refractivity contribution in [3.63, 3.8) is 0 Å². The van der Waals surface area contributed by atoms with E-state index in [-0.39, 0.29) is 16.5 Å². The van der Waals surface area contributed by atoms with Gasteiger partial charge < -0.3 is 15.0 Å². The number of hydrogen-bond donors (Lipinski definition) is 1. The number of morpholine rings is 1. The molecule has 2 saturated heterocycles. The quantitative estimate of drug-likeness (QED) is 0.164. The van der Waals surface area contributed by atoms with Crippen LogP contribution in [0.5, 0.6) is 0 Å². The highest BCUT2D eigenvalue weighted by atomic mass is 32.2. The molecule has 5 heterocycles. The van der Waals surface area contributed by atoms with Crippen molar-refractivity contribution in [2.45, 2.75) is 37.6 Å². The Morgan fingerprint density at radius 3 is 2.60 bits per heavy atom. The van der Waals surface area contributed by atoms with E-state index in [1.54, 1.807) is 31.5 Å². The zero-order valence-electron chi connectivity index (χ0n) is 27.9. The molecule has 0 radical (unpaired) electrons. The number of pyridine rings is 1. The van der Waals surface area contributed by atoms with Gasteiger partial charge in [0.05, 0.1) is 57.3 Å². The molecule has 5 aromatic rings. The third kappa shape index (κ3) is 7.29. The fourth-order valence-electron chi connectivity index (χ4n) is 6.04. The first-order valence-corrected chi connectivity index (χ1v) is 18.7. The number of benzene rings is 2. The van der Waals surface area contributed by atoms with Crippen LogP contribution in [0.15, 0.2) is 76.2 Å². The summed E-state index contributed by atoms with van der Waals surface area (Å²) in [6.45, 7) is 11.2. The maximum absolute atomic E-state index is 15.2. The fraction of sp³-hybridized carbons (Fsp3) is 0.333. The van der Waals surface area contributed by atoms with Gasteiger partial charge in [0.2, 0.25) is 5.95 Å². The highest BCUT2D eigenvalue weighted by molar-refractivity contribution is 7.87. The van der Waals surface area contributed by atoms with Crippen LogP contribution >= 0.6 is 11.3 Å². The molecule has 50 heavy (non-hydrogen) atoms. The smallest absolute Gasteiger partial charge is 0.227 e. The molecule has 3 aromatic heterocycles. The van der Waals surface area contributed by atoms with E-state index in [0.29, 0.717) is 34.7 Å². The predicted molar refractivity (Wildman–Crippen MR) is 193 cm³/mol. The van der Waals surface area contributed by atoms with Crippen LogP contribution in [-0.2, 0) is 15.4 Å². The minimum Gasteiger partial charge on any atom is -0.378 e. The molecular formula is C36H37F3N8OS2. The van der Waals surface area contributed by atoms with Crippen LogP contribution in [0.3, 0.4) is 0 Å². The van der Waals surface area contributed by atoms with Crippen LogP contribution in [0.4, 0.5) is 36.3 Å². The summed E-state index contributed by atoms with van der Waals surface area (Å²) in [6, 6.07) is 14.4. The number of fused-ring (bicyclic) bond motifs is 1. The average Bonchev–Trinajstić information content (AvgIpc) is 3.58. The monoisotopic (exact) mass is 718 g/mol. The number of ether oxygens (including phenoxy) is 1. The molecule has 0 spiro atoms. The Kier molecular flexibility index (Phi) is 10.2. The van der Waals surface area contributed by atoms with Gasteiger partial charge in [-0.25, -0.2) is 37.5 Å². The van der Waals surface area contributed by atoms with Crippen molar-refractivity contribution in [3.8, 4) is 21.8 Å². The van der Waals surface area contributed by atoms with Gasteiger partial charge in [-0.3, -0.25) is 4.90 Å². The van der Waals surface area contributed by atoms with Gasteiger partial charge in [-0.2, -0.15) is 0 Å². The Bertz CT molecular complexity index is 2000.